The molecule has 1 heterocycles. The molecule has 0 bridgehead atoms. The van der Waals surface area contributed by atoms with E-state index in [2.05, 4.69) is 10.4 Å². The molecule has 16 heavy (non-hydrogen) atoms. The molecule has 0 fully saturated rings. The molecule has 0 aromatic carbocycles. The Bertz CT molecular complexity index is 411. The molecule has 0 aliphatic heterocycles. The minimum absolute atomic E-state index is 0.231. The maximum Gasteiger partial charge on any atom is 0.150 e. The minimum atomic E-state index is -2.82. The first-order valence-corrected chi connectivity index (χ1v) is 7.25. The van der Waals surface area contributed by atoms with E-state index in [1.807, 2.05) is 13.1 Å². The van der Waals surface area contributed by atoms with E-state index in [0.717, 1.165) is 12.2 Å². The first-order valence-electron chi connectivity index (χ1n) is 5.43. The van der Waals surface area contributed by atoms with E-state index in [1.165, 1.54) is 0 Å². The van der Waals surface area contributed by atoms with Crippen LogP contribution in [0.2, 0.25) is 0 Å². The van der Waals surface area contributed by atoms with Gasteiger partial charge in [0.1, 0.15) is 9.84 Å². The highest BCUT2D eigenvalue weighted by Crippen LogP contribution is 1.96. The highest BCUT2D eigenvalue weighted by molar-refractivity contribution is 7.91. The average Bonchev–Trinajstić information content (AvgIpc) is 2.64. The number of nitrogens with one attached hydrogen (secondary N) is 1. The van der Waals surface area contributed by atoms with Crippen LogP contribution in [0.15, 0.2) is 12.3 Å². The van der Waals surface area contributed by atoms with Gasteiger partial charge in [0.25, 0.3) is 0 Å². The van der Waals surface area contributed by atoms with Crippen LogP contribution in [0.25, 0.3) is 0 Å². The van der Waals surface area contributed by atoms with E-state index < -0.39 is 9.84 Å². The second-order valence-electron chi connectivity index (χ2n) is 3.71. The van der Waals surface area contributed by atoms with Gasteiger partial charge in [0.2, 0.25) is 0 Å². The molecular weight excluding hydrogens is 226 g/mol. The Balaban J connectivity index is 2.16. The largest absolute Gasteiger partial charge is 0.311 e. The standard InChI is InChI=1S/C10H19N3O2S/c1-3-16(14,15)8-4-6-11-9-10-5-7-12-13(10)2/h5,7,11H,3-4,6,8-9H2,1-2H3. The fourth-order valence-electron chi connectivity index (χ4n) is 1.35. The summed E-state index contributed by atoms with van der Waals surface area (Å²) in [6.07, 6.45) is 2.41. The summed E-state index contributed by atoms with van der Waals surface area (Å²) >= 11 is 0. The first-order chi connectivity index (χ1) is 7.55. The summed E-state index contributed by atoms with van der Waals surface area (Å²) in [5, 5.41) is 7.25. The highest BCUT2D eigenvalue weighted by atomic mass is 32.2. The summed E-state index contributed by atoms with van der Waals surface area (Å²) in [5.41, 5.74) is 1.10. The van der Waals surface area contributed by atoms with Crippen LogP contribution in [-0.4, -0.2) is 36.2 Å². The van der Waals surface area contributed by atoms with Gasteiger partial charge < -0.3 is 5.32 Å². The van der Waals surface area contributed by atoms with Crippen molar-refractivity contribution < 1.29 is 8.42 Å². The fraction of sp³-hybridized carbons (Fsp3) is 0.700. The molecule has 1 aromatic heterocycles. The van der Waals surface area contributed by atoms with Crippen molar-refractivity contribution in [2.75, 3.05) is 18.1 Å². The molecule has 0 aliphatic rings. The zero-order valence-corrected chi connectivity index (χ0v) is 10.6. The Labute approximate surface area is 96.8 Å². The second kappa shape index (κ2) is 6.00. The summed E-state index contributed by atoms with van der Waals surface area (Å²) in [4.78, 5) is 0. The molecule has 0 saturated heterocycles. The van der Waals surface area contributed by atoms with Crippen molar-refractivity contribution in [3.8, 4) is 0 Å². The highest BCUT2D eigenvalue weighted by Gasteiger charge is 2.06. The zero-order chi connectivity index (χ0) is 12.0. The molecule has 92 valence electrons. The third-order valence-electron chi connectivity index (χ3n) is 2.48. The van der Waals surface area contributed by atoms with E-state index in [1.54, 1.807) is 17.8 Å². The number of hydrogen-bond acceptors (Lipinski definition) is 4. The van der Waals surface area contributed by atoms with Gasteiger partial charge in [0.05, 0.1) is 11.4 Å². The van der Waals surface area contributed by atoms with Crippen molar-refractivity contribution in [3.63, 3.8) is 0 Å². The molecule has 1 N–H and O–H groups in total. The van der Waals surface area contributed by atoms with Gasteiger partial charge in [0.15, 0.2) is 0 Å². The van der Waals surface area contributed by atoms with Crippen LogP contribution in [0, 0.1) is 0 Å². The number of aromatic nitrogens is 2. The number of nitrogens with zero attached hydrogens (tertiary/aromatic N) is 2. The summed E-state index contributed by atoms with van der Waals surface area (Å²) in [6.45, 7) is 3.12. The van der Waals surface area contributed by atoms with Gasteiger partial charge in [-0.2, -0.15) is 5.10 Å². The number of rotatable bonds is 7. The van der Waals surface area contributed by atoms with Gasteiger partial charge in [-0.15, -0.1) is 0 Å². The van der Waals surface area contributed by atoms with Crippen molar-refractivity contribution in [3.05, 3.63) is 18.0 Å². The molecule has 0 radical (unpaired) electrons. The predicted molar refractivity (Wildman–Crippen MR) is 63.9 cm³/mol. The molecule has 0 unspecified atom stereocenters. The lowest BCUT2D eigenvalue weighted by molar-refractivity contribution is 0.585. The van der Waals surface area contributed by atoms with Crippen LogP contribution in [0.5, 0.6) is 0 Å². The predicted octanol–water partition coefficient (Wildman–Crippen LogP) is 0.334. The SMILES string of the molecule is CCS(=O)(=O)CCCNCc1ccnn1C. The number of aryl methyl sites for hydroxylation is 1. The van der Waals surface area contributed by atoms with Crippen LogP contribution in [0.4, 0.5) is 0 Å². The molecule has 1 aromatic rings. The van der Waals surface area contributed by atoms with Crippen molar-refractivity contribution >= 4 is 9.84 Å². The van der Waals surface area contributed by atoms with Gasteiger partial charge in [-0.05, 0) is 19.0 Å². The number of hydrogen-bond donors (Lipinski definition) is 1. The zero-order valence-electron chi connectivity index (χ0n) is 9.81. The number of sulfone groups is 1. The Morgan fingerprint density at radius 3 is 2.81 bits per heavy atom. The summed E-state index contributed by atoms with van der Waals surface area (Å²) in [6, 6.07) is 1.94. The molecule has 1 rings (SSSR count). The Morgan fingerprint density at radius 1 is 1.50 bits per heavy atom. The van der Waals surface area contributed by atoms with Gasteiger partial charge in [-0.25, -0.2) is 8.42 Å². The summed E-state index contributed by atoms with van der Waals surface area (Å²) in [5.74, 6) is 0.497. The van der Waals surface area contributed by atoms with Crippen LogP contribution in [0.3, 0.4) is 0 Å². The molecule has 0 spiro atoms. The maximum atomic E-state index is 11.2. The second-order valence-corrected chi connectivity index (χ2v) is 6.19. The third kappa shape index (κ3) is 4.32. The Kier molecular flexibility index (Phi) is 4.95. The average molecular weight is 245 g/mol. The molecular formula is C10H19N3O2S. The minimum Gasteiger partial charge on any atom is -0.311 e. The van der Waals surface area contributed by atoms with Gasteiger partial charge in [0, 0.05) is 25.5 Å². The van der Waals surface area contributed by atoms with Gasteiger partial charge >= 0.3 is 0 Å². The van der Waals surface area contributed by atoms with Crippen LogP contribution in [0.1, 0.15) is 19.0 Å². The Morgan fingerprint density at radius 2 is 2.25 bits per heavy atom. The first kappa shape index (κ1) is 13.2. The van der Waals surface area contributed by atoms with Crippen molar-refractivity contribution in [1.82, 2.24) is 15.1 Å². The molecule has 0 saturated carbocycles. The summed E-state index contributed by atoms with van der Waals surface area (Å²) < 4.78 is 24.2. The molecule has 6 heteroatoms. The van der Waals surface area contributed by atoms with E-state index in [0.29, 0.717) is 13.0 Å². The van der Waals surface area contributed by atoms with Crippen LogP contribution >= 0.6 is 0 Å². The lowest BCUT2D eigenvalue weighted by Crippen LogP contribution is -2.20. The molecule has 5 nitrogen and oxygen atoms in total. The van der Waals surface area contributed by atoms with E-state index >= 15 is 0 Å². The fourth-order valence-corrected chi connectivity index (χ4v) is 2.23. The van der Waals surface area contributed by atoms with Crippen LogP contribution in [-0.2, 0) is 23.4 Å². The molecule has 0 aliphatic carbocycles. The van der Waals surface area contributed by atoms with Gasteiger partial charge in [-0.3, -0.25) is 4.68 Å². The van der Waals surface area contributed by atoms with Crippen molar-refractivity contribution in [2.45, 2.75) is 19.9 Å². The third-order valence-corrected chi connectivity index (χ3v) is 4.27. The van der Waals surface area contributed by atoms with E-state index in [-0.39, 0.29) is 11.5 Å². The maximum absolute atomic E-state index is 11.2. The molecule has 0 atom stereocenters. The summed E-state index contributed by atoms with van der Waals surface area (Å²) in [7, 11) is -0.932. The Hall–Kier alpha value is -0.880. The van der Waals surface area contributed by atoms with E-state index in [4.69, 9.17) is 0 Å². The lowest BCUT2D eigenvalue weighted by Gasteiger charge is -2.05. The van der Waals surface area contributed by atoms with Crippen molar-refractivity contribution in [1.29, 1.82) is 0 Å². The normalized spacial score (nSPS) is 11.9. The quantitative estimate of drug-likeness (QED) is 0.703. The van der Waals surface area contributed by atoms with Gasteiger partial charge in [-0.1, -0.05) is 6.92 Å². The molecule has 0 amide bonds. The van der Waals surface area contributed by atoms with Crippen molar-refractivity contribution in [2.24, 2.45) is 7.05 Å². The topological polar surface area (TPSA) is 64.0 Å². The smallest absolute Gasteiger partial charge is 0.150 e. The van der Waals surface area contributed by atoms with Crippen LogP contribution < -0.4 is 5.32 Å². The monoisotopic (exact) mass is 245 g/mol. The lowest BCUT2D eigenvalue weighted by atomic mass is 10.4. The van der Waals surface area contributed by atoms with E-state index in [9.17, 15) is 8.42 Å².